The largest absolute Gasteiger partial charge is 0.391 e. The highest BCUT2D eigenvalue weighted by molar-refractivity contribution is 5.20. The van der Waals surface area contributed by atoms with Gasteiger partial charge in [0.2, 0.25) is 0 Å². The van der Waals surface area contributed by atoms with E-state index in [1.807, 2.05) is 27.7 Å². The lowest BCUT2D eigenvalue weighted by atomic mass is 9.89. The van der Waals surface area contributed by atoms with Crippen LogP contribution in [0.15, 0.2) is 18.2 Å². The molecule has 1 N–H and O–H groups in total. The molecule has 4 heteroatoms. The van der Waals surface area contributed by atoms with Crippen molar-refractivity contribution in [1.82, 2.24) is 4.90 Å². The molecule has 0 radical (unpaired) electrons. The van der Waals surface area contributed by atoms with Gasteiger partial charge in [-0.05, 0) is 38.6 Å². The molecule has 0 saturated heterocycles. The lowest BCUT2D eigenvalue weighted by Gasteiger charge is -2.41. The second kappa shape index (κ2) is 6.44. The third-order valence-corrected chi connectivity index (χ3v) is 3.84. The number of hydrogen-bond acceptors (Lipinski definition) is 2. The summed E-state index contributed by atoms with van der Waals surface area (Å²) in [4.78, 5) is 2.11. The number of aliphatic hydroxyl groups excluding tert-OH is 1. The van der Waals surface area contributed by atoms with E-state index in [9.17, 15) is 13.9 Å². The van der Waals surface area contributed by atoms with E-state index in [2.05, 4.69) is 4.90 Å². The number of halogens is 2. The molecule has 0 amide bonds. The van der Waals surface area contributed by atoms with Crippen molar-refractivity contribution in [3.63, 3.8) is 0 Å². The van der Waals surface area contributed by atoms with Gasteiger partial charge in [0, 0.05) is 12.0 Å². The third-order valence-electron chi connectivity index (χ3n) is 3.84. The van der Waals surface area contributed by atoms with Gasteiger partial charge in [0.25, 0.3) is 0 Å². The van der Waals surface area contributed by atoms with Crippen LogP contribution in [-0.2, 0) is 6.42 Å². The van der Waals surface area contributed by atoms with Crippen molar-refractivity contribution in [3.05, 3.63) is 35.4 Å². The molecule has 1 atom stereocenters. The standard InChI is InChI=1S/C15H23F2NO/c1-5-18(6-2)15(3,4)13(19)10-11-8-7-9-12(16)14(11)17/h7-9,13,19H,5-6,10H2,1-4H3. The van der Waals surface area contributed by atoms with Gasteiger partial charge in [0.15, 0.2) is 11.6 Å². The highest BCUT2D eigenvalue weighted by Crippen LogP contribution is 2.23. The fourth-order valence-electron chi connectivity index (χ4n) is 2.41. The van der Waals surface area contributed by atoms with Crippen LogP contribution in [0, 0.1) is 11.6 Å². The molecule has 1 unspecified atom stereocenters. The smallest absolute Gasteiger partial charge is 0.162 e. The predicted molar refractivity (Wildman–Crippen MR) is 73.1 cm³/mol. The van der Waals surface area contributed by atoms with Crippen LogP contribution < -0.4 is 0 Å². The maximum atomic E-state index is 13.6. The Labute approximate surface area is 114 Å². The topological polar surface area (TPSA) is 23.5 Å². The van der Waals surface area contributed by atoms with Crippen molar-refractivity contribution in [3.8, 4) is 0 Å². The summed E-state index contributed by atoms with van der Waals surface area (Å²) in [5.41, 5.74) is -0.268. The van der Waals surface area contributed by atoms with Gasteiger partial charge in [-0.15, -0.1) is 0 Å². The minimum absolute atomic E-state index is 0.104. The van der Waals surface area contributed by atoms with E-state index in [-0.39, 0.29) is 12.0 Å². The maximum Gasteiger partial charge on any atom is 0.162 e. The number of rotatable bonds is 6. The first-order valence-corrected chi connectivity index (χ1v) is 6.70. The molecule has 0 aliphatic carbocycles. The van der Waals surface area contributed by atoms with Crippen LogP contribution in [0.2, 0.25) is 0 Å². The van der Waals surface area contributed by atoms with E-state index in [4.69, 9.17) is 0 Å². The summed E-state index contributed by atoms with van der Waals surface area (Å²) in [5.74, 6) is -1.73. The Kier molecular flexibility index (Phi) is 5.44. The summed E-state index contributed by atoms with van der Waals surface area (Å²) in [7, 11) is 0. The van der Waals surface area contributed by atoms with E-state index >= 15 is 0 Å². The Morgan fingerprint density at radius 3 is 2.32 bits per heavy atom. The summed E-state index contributed by atoms with van der Waals surface area (Å²) in [6, 6.07) is 4.06. The number of likely N-dealkylation sites (N-methyl/N-ethyl adjacent to an activating group) is 1. The molecule has 0 fully saturated rings. The van der Waals surface area contributed by atoms with Crippen LogP contribution in [0.4, 0.5) is 8.78 Å². The van der Waals surface area contributed by atoms with Crippen LogP contribution in [0.25, 0.3) is 0 Å². The molecular weight excluding hydrogens is 248 g/mol. The lowest BCUT2D eigenvalue weighted by molar-refractivity contribution is -0.00460. The second-order valence-electron chi connectivity index (χ2n) is 5.26. The summed E-state index contributed by atoms with van der Waals surface area (Å²) in [6.07, 6.45) is -0.656. The Morgan fingerprint density at radius 1 is 1.21 bits per heavy atom. The van der Waals surface area contributed by atoms with Crippen molar-refractivity contribution in [2.24, 2.45) is 0 Å². The molecule has 0 aliphatic heterocycles. The highest BCUT2D eigenvalue weighted by Gasteiger charge is 2.33. The van der Waals surface area contributed by atoms with Gasteiger partial charge in [0.1, 0.15) is 0 Å². The Hall–Kier alpha value is -1.00. The van der Waals surface area contributed by atoms with Crippen molar-refractivity contribution in [2.45, 2.75) is 45.8 Å². The minimum Gasteiger partial charge on any atom is -0.391 e. The molecule has 0 spiro atoms. The SMILES string of the molecule is CCN(CC)C(C)(C)C(O)Cc1cccc(F)c1F. The van der Waals surface area contributed by atoms with E-state index in [1.165, 1.54) is 12.1 Å². The van der Waals surface area contributed by atoms with E-state index in [0.717, 1.165) is 19.2 Å². The molecule has 19 heavy (non-hydrogen) atoms. The molecule has 0 bridgehead atoms. The first kappa shape index (κ1) is 16.1. The minimum atomic E-state index is -0.870. The zero-order valence-corrected chi connectivity index (χ0v) is 12.1. The average Bonchev–Trinajstić information content (AvgIpc) is 2.36. The van der Waals surface area contributed by atoms with Crippen LogP contribution in [0.1, 0.15) is 33.3 Å². The molecule has 0 heterocycles. The van der Waals surface area contributed by atoms with E-state index in [0.29, 0.717) is 0 Å². The van der Waals surface area contributed by atoms with Crippen LogP contribution in [-0.4, -0.2) is 34.7 Å². The highest BCUT2D eigenvalue weighted by atomic mass is 19.2. The predicted octanol–water partition coefficient (Wildman–Crippen LogP) is 2.99. The van der Waals surface area contributed by atoms with Gasteiger partial charge in [0.05, 0.1) is 6.10 Å². The van der Waals surface area contributed by atoms with Crippen molar-refractivity contribution >= 4 is 0 Å². The van der Waals surface area contributed by atoms with Crippen molar-refractivity contribution in [2.75, 3.05) is 13.1 Å². The number of nitrogens with zero attached hydrogens (tertiary/aromatic N) is 1. The Bertz CT molecular complexity index is 417. The molecular formula is C15H23F2NO. The number of hydrogen-bond donors (Lipinski definition) is 1. The first-order valence-electron chi connectivity index (χ1n) is 6.70. The van der Waals surface area contributed by atoms with Crippen LogP contribution in [0.3, 0.4) is 0 Å². The van der Waals surface area contributed by atoms with Gasteiger partial charge in [-0.3, -0.25) is 4.90 Å². The molecule has 1 aromatic rings. The second-order valence-corrected chi connectivity index (χ2v) is 5.26. The Balaban J connectivity index is 2.89. The monoisotopic (exact) mass is 271 g/mol. The van der Waals surface area contributed by atoms with Gasteiger partial charge >= 0.3 is 0 Å². The molecule has 1 aromatic carbocycles. The van der Waals surface area contributed by atoms with Crippen molar-refractivity contribution < 1.29 is 13.9 Å². The maximum absolute atomic E-state index is 13.6. The molecule has 1 rings (SSSR count). The number of aliphatic hydroxyl groups is 1. The summed E-state index contributed by atoms with van der Waals surface area (Å²) < 4.78 is 26.8. The van der Waals surface area contributed by atoms with Gasteiger partial charge in [-0.1, -0.05) is 26.0 Å². The van der Waals surface area contributed by atoms with E-state index in [1.54, 1.807) is 0 Å². The average molecular weight is 271 g/mol. The molecule has 0 saturated carbocycles. The van der Waals surface area contributed by atoms with Gasteiger partial charge in [-0.2, -0.15) is 0 Å². The summed E-state index contributed by atoms with van der Waals surface area (Å²) in [6.45, 7) is 9.46. The molecule has 0 aromatic heterocycles. The molecule has 108 valence electrons. The number of benzene rings is 1. The van der Waals surface area contributed by atoms with Gasteiger partial charge < -0.3 is 5.11 Å². The first-order chi connectivity index (χ1) is 8.84. The zero-order chi connectivity index (χ0) is 14.6. The normalized spacial score (nSPS) is 13.9. The fourth-order valence-corrected chi connectivity index (χ4v) is 2.41. The van der Waals surface area contributed by atoms with Crippen LogP contribution in [0.5, 0.6) is 0 Å². The molecule has 2 nitrogen and oxygen atoms in total. The van der Waals surface area contributed by atoms with Gasteiger partial charge in [-0.25, -0.2) is 8.78 Å². The molecule has 0 aliphatic rings. The Morgan fingerprint density at radius 2 is 1.79 bits per heavy atom. The summed E-state index contributed by atoms with van der Waals surface area (Å²) in [5, 5.41) is 10.3. The van der Waals surface area contributed by atoms with Crippen LogP contribution >= 0.6 is 0 Å². The quantitative estimate of drug-likeness (QED) is 0.860. The zero-order valence-electron chi connectivity index (χ0n) is 12.1. The van der Waals surface area contributed by atoms with Crippen molar-refractivity contribution in [1.29, 1.82) is 0 Å². The van der Waals surface area contributed by atoms with E-state index < -0.39 is 23.3 Å². The summed E-state index contributed by atoms with van der Waals surface area (Å²) >= 11 is 0. The third kappa shape index (κ3) is 3.51. The fraction of sp³-hybridized carbons (Fsp3) is 0.600. The lowest BCUT2D eigenvalue weighted by Crippen LogP contribution is -2.53.